The first-order valence-corrected chi connectivity index (χ1v) is 8.13. The minimum atomic E-state index is 0.881. The molecule has 0 aromatic rings. The third-order valence-electron chi connectivity index (χ3n) is 3.95. The molecule has 0 N–H and O–H groups in total. The van der Waals surface area contributed by atoms with Gasteiger partial charge in [-0.1, -0.05) is 91.9 Å². The van der Waals surface area contributed by atoms with Crippen LogP contribution in [0.25, 0.3) is 0 Å². The normalized spacial score (nSPS) is 14.8. The zero-order valence-corrected chi connectivity index (χ0v) is 12.8. The average molecular weight is 239 g/mol. The summed E-state index contributed by atoms with van der Waals surface area (Å²) in [5.41, 5.74) is 0. The lowest BCUT2D eigenvalue weighted by Crippen LogP contribution is -2.09. The summed E-state index contributed by atoms with van der Waals surface area (Å²) in [5.74, 6) is 1.76. The van der Waals surface area contributed by atoms with E-state index < -0.39 is 0 Å². The van der Waals surface area contributed by atoms with Gasteiger partial charge in [0.25, 0.3) is 0 Å². The summed E-state index contributed by atoms with van der Waals surface area (Å²) in [7, 11) is 0. The second-order valence-electron chi connectivity index (χ2n) is 5.52. The molecule has 0 aliphatic carbocycles. The van der Waals surface area contributed by atoms with Gasteiger partial charge in [0, 0.05) is 0 Å². The molecule has 0 aromatic heterocycles. The van der Waals surface area contributed by atoms with Gasteiger partial charge in [-0.05, 0) is 18.3 Å². The van der Waals surface area contributed by atoms with Crippen LogP contribution in [0.5, 0.6) is 0 Å². The van der Waals surface area contributed by atoms with Crippen LogP contribution in [0.1, 0.15) is 91.9 Å². The minimum absolute atomic E-state index is 0.881. The average Bonchev–Trinajstić information content (AvgIpc) is 2.37. The molecule has 0 rings (SSSR count). The molecule has 0 aromatic carbocycles. The monoisotopic (exact) mass is 239 g/mol. The smallest absolute Gasteiger partial charge is 0.0324 e. The van der Waals surface area contributed by atoms with Crippen LogP contribution >= 0.6 is 0 Å². The number of rotatable bonds is 12. The molecule has 0 saturated carbocycles. The molecule has 2 unspecified atom stereocenters. The van der Waals surface area contributed by atoms with Gasteiger partial charge in [-0.2, -0.15) is 0 Å². The van der Waals surface area contributed by atoms with E-state index in [1.165, 1.54) is 64.2 Å². The third-order valence-corrected chi connectivity index (χ3v) is 3.95. The summed E-state index contributed by atoms with van der Waals surface area (Å²) in [5, 5.41) is 0. The van der Waals surface area contributed by atoms with Crippen molar-refractivity contribution in [1.82, 2.24) is 0 Å². The van der Waals surface area contributed by atoms with Gasteiger partial charge in [-0.15, -0.1) is 0 Å². The van der Waals surface area contributed by atoms with E-state index in [4.69, 9.17) is 0 Å². The van der Waals surface area contributed by atoms with Gasteiger partial charge in [0.15, 0.2) is 0 Å². The highest BCUT2D eigenvalue weighted by atomic mass is 14.2. The highest BCUT2D eigenvalue weighted by Crippen LogP contribution is 2.26. The molecule has 2 atom stereocenters. The Kier molecular flexibility index (Phi) is 12.5. The maximum Gasteiger partial charge on any atom is -0.0324 e. The van der Waals surface area contributed by atoms with Crippen molar-refractivity contribution >= 4 is 0 Å². The molecule has 0 bridgehead atoms. The molecule has 1 radical (unpaired) electrons. The molecule has 0 fully saturated rings. The van der Waals surface area contributed by atoms with Crippen LogP contribution in [-0.2, 0) is 0 Å². The van der Waals surface area contributed by atoms with Gasteiger partial charge >= 0.3 is 0 Å². The van der Waals surface area contributed by atoms with E-state index in [0.717, 1.165) is 11.8 Å². The molecular weight excluding hydrogens is 204 g/mol. The molecule has 0 saturated heterocycles. The lowest BCUT2D eigenvalue weighted by Gasteiger charge is -2.21. The van der Waals surface area contributed by atoms with Crippen molar-refractivity contribution in [3.8, 4) is 0 Å². The highest BCUT2D eigenvalue weighted by Gasteiger charge is 2.13. The fraction of sp³-hybridized carbons (Fsp3) is 0.941. The Balaban J connectivity index is 3.74. The van der Waals surface area contributed by atoms with Crippen molar-refractivity contribution in [3.63, 3.8) is 0 Å². The predicted molar refractivity (Wildman–Crippen MR) is 80.1 cm³/mol. The first kappa shape index (κ1) is 17.0. The van der Waals surface area contributed by atoms with Crippen molar-refractivity contribution in [2.75, 3.05) is 0 Å². The second-order valence-corrected chi connectivity index (χ2v) is 5.52. The van der Waals surface area contributed by atoms with Crippen LogP contribution in [0.4, 0.5) is 0 Å². The Morgan fingerprint density at radius 3 is 1.65 bits per heavy atom. The van der Waals surface area contributed by atoms with E-state index in [2.05, 4.69) is 34.1 Å². The summed E-state index contributed by atoms with van der Waals surface area (Å²) < 4.78 is 0. The van der Waals surface area contributed by atoms with Gasteiger partial charge < -0.3 is 0 Å². The Morgan fingerprint density at radius 1 is 0.647 bits per heavy atom. The lowest BCUT2D eigenvalue weighted by atomic mass is 9.85. The summed E-state index contributed by atoms with van der Waals surface area (Å²) in [4.78, 5) is 0. The summed E-state index contributed by atoms with van der Waals surface area (Å²) in [6.45, 7) is 9.30. The zero-order valence-electron chi connectivity index (χ0n) is 12.8. The van der Waals surface area contributed by atoms with Crippen LogP contribution in [-0.4, -0.2) is 0 Å². The van der Waals surface area contributed by atoms with Crippen LogP contribution in [0, 0.1) is 18.3 Å². The molecular formula is C17H35. The van der Waals surface area contributed by atoms with E-state index in [1.807, 2.05) is 0 Å². The zero-order chi connectivity index (χ0) is 12.9. The molecule has 103 valence electrons. The van der Waals surface area contributed by atoms with E-state index in [9.17, 15) is 0 Å². The minimum Gasteiger partial charge on any atom is -0.0654 e. The highest BCUT2D eigenvalue weighted by molar-refractivity contribution is 4.82. The fourth-order valence-corrected chi connectivity index (χ4v) is 2.56. The molecule has 0 spiro atoms. The van der Waals surface area contributed by atoms with Gasteiger partial charge in [0.1, 0.15) is 0 Å². The van der Waals surface area contributed by atoms with Gasteiger partial charge in [-0.25, -0.2) is 0 Å². The van der Waals surface area contributed by atoms with Gasteiger partial charge in [0.05, 0.1) is 0 Å². The van der Waals surface area contributed by atoms with Crippen LogP contribution in [0.15, 0.2) is 0 Å². The van der Waals surface area contributed by atoms with Crippen molar-refractivity contribution in [2.24, 2.45) is 11.8 Å². The van der Waals surface area contributed by atoms with Gasteiger partial charge in [-0.3, -0.25) is 0 Å². The Morgan fingerprint density at radius 2 is 1.18 bits per heavy atom. The van der Waals surface area contributed by atoms with Crippen molar-refractivity contribution in [1.29, 1.82) is 0 Å². The molecule has 0 aliphatic heterocycles. The topological polar surface area (TPSA) is 0 Å². The SMILES string of the molecule is CCCCCCC([CH]C(CC)CCCC)CC. The van der Waals surface area contributed by atoms with Crippen LogP contribution in [0.3, 0.4) is 0 Å². The molecule has 0 heterocycles. The first-order valence-electron chi connectivity index (χ1n) is 8.13. The first-order chi connectivity index (χ1) is 8.28. The van der Waals surface area contributed by atoms with E-state index in [0.29, 0.717) is 0 Å². The van der Waals surface area contributed by atoms with Crippen molar-refractivity contribution in [2.45, 2.75) is 91.9 Å². The lowest BCUT2D eigenvalue weighted by molar-refractivity contribution is 0.403. The van der Waals surface area contributed by atoms with Crippen LogP contribution < -0.4 is 0 Å². The molecule has 17 heavy (non-hydrogen) atoms. The third kappa shape index (κ3) is 9.68. The Bertz CT molecular complexity index is 139. The quantitative estimate of drug-likeness (QED) is 0.345. The number of hydrogen-bond donors (Lipinski definition) is 0. The molecule has 0 aliphatic rings. The Labute approximate surface area is 111 Å². The van der Waals surface area contributed by atoms with E-state index >= 15 is 0 Å². The predicted octanol–water partition coefficient (Wildman–Crippen LogP) is 6.40. The van der Waals surface area contributed by atoms with Crippen LogP contribution in [0.2, 0.25) is 0 Å². The van der Waals surface area contributed by atoms with Gasteiger partial charge in [0.2, 0.25) is 0 Å². The van der Waals surface area contributed by atoms with Crippen molar-refractivity contribution < 1.29 is 0 Å². The number of unbranched alkanes of at least 4 members (excludes halogenated alkanes) is 4. The Hall–Kier alpha value is 0. The maximum absolute atomic E-state index is 2.68. The fourth-order valence-electron chi connectivity index (χ4n) is 2.56. The summed E-state index contributed by atoms with van der Waals surface area (Å²) >= 11 is 0. The number of hydrogen-bond acceptors (Lipinski definition) is 0. The summed E-state index contributed by atoms with van der Waals surface area (Å²) in [6, 6.07) is 0. The summed E-state index contributed by atoms with van der Waals surface area (Å²) in [6.07, 6.45) is 16.6. The molecule has 0 nitrogen and oxygen atoms in total. The molecule has 0 amide bonds. The standard InChI is InChI=1S/C17H35/c1-5-9-11-12-14-17(8-4)15-16(7-3)13-10-6-2/h15-17H,5-14H2,1-4H3. The molecule has 0 heteroatoms. The second kappa shape index (κ2) is 12.5. The van der Waals surface area contributed by atoms with E-state index in [-0.39, 0.29) is 0 Å². The van der Waals surface area contributed by atoms with E-state index in [1.54, 1.807) is 0 Å². The largest absolute Gasteiger partial charge is 0.0654 e. The van der Waals surface area contributed by atoms with Crippen molar-refractivity contribution in [3.05, 3.63) is 6.42 Å². The maximum atomic E-state index is 2.68.